The number of amides is 1. The monoisotopic (exact) mass is 674 g/mol. The molecule has 2 aliphatic heterocycles. The Balaban J connectivity index is 0.983. The second kappa shape index (κ2) is 13.5. The average Bonchev–Trinajstić information content (AvgIpc) is 3.33. The summed E-state index contributed by atoms with van der Waals surface area (Å²) < 4.78 is 30.0. The molecule has 0 atom stereocenters. The molecule has 14 nitrogen and oxygen atoms in total. The number of carboxylic acids is 1. The molecule has 0 fully saturated rings. The van der Waals surface area contributed by atoms with E-state index in [9.17, 15) is 29.4 Å². The van der Waals surface area contributed by atoms with E-state index >= 15 is 0 Å². The Labute approximate surface area is 276 Å². The topological polar surface area (TPSA) is 199 Å². The lowest BCUT2D eigenvalue weighted by Gasteiger charge is -2.36. The summed E-state index contributed by atoms with van der Waals surface area (Å²) in [4.78, 5) is 48.4. The minimum atomic E-state index is -1.41. The van der Waals surface area contributed by atoms with Crippen molar-refractivity contribution in [3.05, 3.63) is 107 Å². The van der Waals surface area contributed by atoms with Gasteiger partial charge in [-0.1, -0.05) is 6.07 Å². The molecule has 0 radical (unpaired) electrons. The van der Waals surface area contributed by atoms with E-state index in [0.717, 1.165) is 11.9 Å². The molecule has 15 heteroatoms. The summed E-state index contributed by atoms with van der Waals surface area (Å²) in [5, 5.41) is 31.3. The molecule has 2 heterocycles. The van der Waals surface area contributed by atoms with Crippen LogP contribution in [0.5, 0.6) is 28.7 Å². The first-order valence-electron chi connectivity index (χ1n) is 14.3. The predicted octanol–water partition coefficient (Wildman–Crippen LogP) is 5.37. The minimum Gasteiger partial charge on any atom is -0.508 e. The van der Waals surface area contributed by atoms with Crippen LogP contribution in [0.25, 0.3) is 0 Å². The molecule has 1 amide bonds. The van der Waals surface area contributed by atoms with Gasteiger partial charge in [0.25, 0.3) is 5.24 Å². The second-order valence-corrected chi connectivity index (χ2v) is 11.2. The number of nitrogens with one attached hydrogen (secondary N) is 2. The fraction of sp³-hybridized carbons (Fsp3) is 0.152. The van der Waals surface area contributed by atoms with E-state index in [2.05, 4.69) is 10.0 Å². The van der Waals surface area contributed by atoms with Crippen molar-refractivity contribution in [3.63, 3.8) is 0 Å². The van der Waals surface area contributed by atoms with Crippen molar-refractivity contribution in [2.24, 2.45) is 0 Å². The summed E-state index contributed by atoms with van der Waals surface area (Å²) in [7, 11) is 0. The fourth-order valence-electron chi connectivity index (χ4n) is 5.23. The third kappa shape index (κ3) is 6.55. The van der Waals surface area contributed by atoms with E-state index in [0.29, 0.717) is 22.4 Å². The molecule has 6 rings (SSSR count). The van der Waals surface area contributed by atoms with Crippen LogP contribution < -0.4 is 19.5 Å². The van der Waals surface area contributed by atoms with Crippen LogP contribution in [0.4, 0.5) is 15.3 Å². The number of anilines is 1. The van der Waals surface area contributed by atoms with E-state index in [4.69, 9.17) is 28.8 Å². The number of hydrogen-bond acceptors (Lipinski definition) is 13. The fourth-order valence-corrected chi connectivity index (χ4v) is 5.72. The maximum absolute atomic E-state index is 13.2. The van der Waals surface area contributed by atoms with Gasteiger partial charge in [0.15, 0.2) is 5.60 Å². The van der Waals surface area contributed by atoms with Gasteiger partial charge in [-0.2, -0.15) is 0 Å². The number of aromatic hydroxyl groups is 2. The Hall–Kier alpha value is -5.77. The van der Waals surface area contributed by atoms with Gasteiger partial charge in [-0.25, -0.2) is 14.4 Å². The van der Waals surface area contributed by atoms with E-state index in [1.807, 2.05) is 0 Å². The standard InChI is InChI=1S/C33H26N2O12S/c36-20-4-9-25-27(16-20)46-28-17-21(37)5-10-26(28)33(25)24-8-3-19(15-23(24)30(40)47-33)35-31(41)48-34-11-12-43-13-14-44-32(42)45-22-6-1-18(2-7-22)29(38)39/h1-10,15-17,34,36-37H,11-14H2,(H,35,41)(H,38,39). The number of hydrogen-bond donors (Lipinski definition) is 5. The van der Waals surface area contributed by atoms with Crippen molar-refractivity contribution in [3.8, 4) is 28.7 Å². The molecule has 0 saturated heterocycles. The van der Waals surface area contributed by atoms with Crippen LogP contribution >= 0.6 is 11.9 Å². The SMILES string of the molecule is O=C(OCCOCCNSC(=O)Nc1ccc2c(c1)C(=O)OC21c2ccc(O)cc2Oc2cc(O)ccc21)Oc1ccc(C(=O)O)cc1. The maximum Gasteiger partial charge on any atom is 0.513 e. The zero-order valence-electron chi connectivity index (χ0n) is 24.8. The number of benzene rings is 4. The van der Waals surface area contributed by atoms with E-state index in [-0.39, 0.29) is 66.2 Å². The highest BCUT2D eigenvalue weighted by atomic mass is 32.2. The highest BCUT2D eigenvalue weighted by molar-refractivity contribution is 8.12. The van der Waals surface area contributed by atoms with Crippen molar-refractivity contribution in [1.29, 1.82) is 0 Å². The molecule has 48 heavy (non-hydrogen) atoms. The third-order valence-corrected chi connectivity index (χ3v) is 7.92. The van der Waals surface area contributed by atoms with Crippen molar-refractivity contribution >= 4 is 41.0 Å². The predicted molar refractivity (Wildman–Crippen MR) is 169 cm³/mol. The molecule has 4 aromatic rings. The van der Waals surface area contributed by atoms with Gasteiger partial charge in [-0.05, 0) is 60.7 Å². The number of carbonyl (C=O) groups is 4. The number of phenolic OH excluding ortho intramolecular Hbond substituents is 2. The highest BCUT2D eigenvalue weighted by Crippen LogP contribution is 2.57. The second-order valence-electron chi connectivity index (χ2n) is 10.3. The van der Waals surface area contributed by atoms with Gasteiger partial charge in [0.05, 0.1) is 24.3 Å². The molecular weight excluding hydrogens is 648 g/mol. The van der Waals surface area contributed by atoms with Gasteiger partial charge >= 0.3 is 18.1 Å². The first-order chi connectivity index (χ1) is 23.1. The van der Waals surface area contributed by atoms with Crippen molar-refractivity contribution < 1.29 is 58.2 Å². The first kappa shape index (κ1) is 32.2. The van der Waals surface area contributed by atoms with Crippen LogP contribution in [-0.2, 0) is 19.8 Å². The Bertz CT molecular complexity index is 1860. The average molecular weight is 675 g/mol. The first-order valence-corrected chi connectivity index (χ1v) is 15.1. The largest absolute Gasteiger partial charge is 0.513 e. The molecule has 0 aromatic heterocycles. The maximum atomic E-state index is 13.2. The van der Waals surface area contributed by atoms with Gasteiger partial charge in [0.2, 0.25) is 0 Å². The molecule has 4 aromatic carbocycles. The van der Waals surface area contributed by atoms with Crippen LogP contribution in [0.2, 0.25) is 0 Å². The minimum absolute atomic E-state index is 0.0517. The number of esters is 1. The molecule has 0 bridgehead atoms. The summed E-state index contributed by atoms with van der Waals surface area (Å²) in [5.41, 5.74) is 0.697. The number of phenols is 2. The van der Waals surface area contributed by atoms with Crippen LogP contribution in [0.1, 0.15) is 37.4 Å². The van der Waals surface area contributed by atoms with Crippen LogP contribution in [0.3, 0.4) is 0 Å². The highest BCUT2D eigenvalue weighted by Gasteiger charge is 2.53. The number of ether oxygens (including phenoxy) is 5. The molecule has 5 N–H and O–H groups in total. The summed E-state index contributed by atoms with van der Waals surface area (Å²) in [6.45, 7) is 0.465. The number of fused-ring (bicyclic) bond motifs is 6. The molecule has 0 unspecified atom stereocenters. The molecular formula is C33H26N2O12S. The summed E-state index contributed by atoms with van der Waals surface area (Å²) in [5.74, 6) is -1.18. The molecule has 1 spiro atoms. The smallest absolute Gasteiger partial charge is 0.508 e. The lowest BCUT2D eigenvalue weighted by molar-refractivity contribution is 0.0223. The zero-order valence-corrected chi connectivity index (χ0v) is 25.6. The Kier molecular flexibility index (Phi) is 9.07. The van der Waals surface area contributed by atoms with Gasteiger partial charge < -0.3 is 44.3 Å². The Morgan fingerprint density at radius 3 is 2.15 bits per heavy atom. The lowest BCUT2D eigenvalue weighted by Crippen LogP contribution is -2.32. The lowest BCUT2D eigenvalue weighted by atomic mass is 9.77. The molecule has 0 saturated carbocycles. The summed E-state index contributed by atoms with van der Waals surface area (Å²) in [6, 6.07) is 19.0. The Morgan fingerprint density at radius 1 is 0.812 bits per heavy atom. The summed E-state index contributed by atoms with van der Waals surface area (Å²) in [6.07, 6.45) is -0.968. The molecule has 2 aliphatic rings. The van der Waals surface area contributed by atoms with Crippen LogP contribution in [-0.4, -0.2) is 65.0 Å². The van der Waals surface area contributed by atoms with Crippen LogP contribution in [0.15, 0.2) is 78.9 Å². The normalized spacial score (nSPS) is 13.4. The van der Waals surface area contributed by atoms with Gasteiger partial charge in [0.1, 0.15) is 35.4 Å². The third-order valence-electron chi connectivity index (χ3n) is 7.28. The van der Waals surface area contributed by atoms with E-state index < -0.39 is 28.9 Å². The van der Waals surface area contributed by atoms with Gasteiger partial charge in [0, 0.05) is 53.0 Å². The van der Waals surface area contributed by atoms with Gasteiger partial charge in [-0.15, -0.1) is 0 Å². The molecule has 246 valence electrons. The Morgan fingerprint density at radius 2 is 1.48 bits per heavy atom. The number of carbonyl (C=O) groups excluding carboxylic acids is 3. The number of aromatic carboxylic acids is 1. The van der Waals surface area contributed by atoms with E-state index in [1.54, 1.807) is 24.3 Å². The van der Waals surface area contributed by atoms with Crippen LogP contribution in [0, 0.1) is 0 Å². The summed E-state index contributed by atoms with van der Waals surface area (Å²) >= 11 is 0.781. The van der Waals surface area contributed by atoms with Gasteiger partial charge in [-0.3, -0.25) is 9.52 Å². The van der Waals surface area contributed by atoms with Crippen molar-refractivity contribution in [2.45, 2.75) is 5.60 Å². The van der Waals surface area contributed by atoms with E-state index in [1.165, 1.54) is 54.6 Å². The zero-order chi connectivity index (χ0) is 33.8. The number of rotatable bonds is 10. The quantitative estimate of drug-likeness (QED) is 0.0623. The molecule has 0 aliphatic carbocycles. The van der Waals surface area contributed by atoms with Crippen molar-refractivity contribution in [1.82, 2.24) is 4.72 Å². The number of carboxylic acid groups (broad SMARTS) is 1. The van der Waals surface area contributed by atoms with Crippen molar-refractivity contribution in [2.75, 3.05) is 31.7 Å².